The number of aliphatic hydroxyl groups is 1. The van der Waals surface area contributed by atoms with Crippen molar-refractivity contribution in [2.24, 2.45) is 11.8 Å². The molecule has 1 aromatic carbocycles. The molecule has 46 heavy (non-hydrogen) atoms. The Morgan fingerprint density at radius 3 is 2.50 bits per heavy atom. The molecule has 1 aliphatic carbocycles. The molecule has 12 heteroatoms. The van der Waals surface area contributed by atoms with Gasteiger partial charge in [-0.2, -0.15) is 8.78 Å². The molecule has 2 heterocycles. The zero-order valence-corrected chi connectivity index (χ0v) is 27.4. The normalized spacial score (nSPS) is 23.2. The number of nitrogens with zero attached hydrogens (tertiary/aromatic N) is 2. The lowest BCUT2D eigenvalue weighted by molar-refractivity contribution is -0.120. The van der Waals surface area contributed by atoms with Gasteiger partial charge in [0.1, 0.15) is 6.67 Å². The van der Waals surface area contributed by atoms with Crippen LogP contribution in [0.5, 0.6) is 0 Å². The number of rotatable bonds is 9. The second kappa shape index (κ2) is 16.3. The molecule has 0 bridgehead atoms. The Morgan fingerprint density at radius 1 is 1.13 bits per heavy atom. The van der Waals surface area contributed by atoms with Gasteiger partial charge < -0.3 is 15.3 Å². The highest BCUT2D eigenvalue weighted by Gasteiger charge is 2.34. The van der Waals surface area contributed by atoms with Crippen molar-refractivity contribution in [3.05, 3.63) is 64.6 Å². The number of carbonyl (C=O) groups excluding carboxylic acids is 2. The Morgan fingerprint density at radius 2 is 1.85 bits per heavy atom. The molecule has 0 atom stereocenters. The maximum absolute atomic E-state index is 13.4. The lowest BCUT2D eigenvalue weighted by atomic mass is 9.79. The summed E-state index contributed by atoms with van der Waals surface area (Å²) >= 11 is 0. The highest BCUT2D eigenvalue weighted by Crippen LogP contribution is 2.34. The number of allylic oxidation sites excluding steroid dienone is 2. The number of halogens is 3. The molecular weight excluding hydrogens is 619 g/mol. The van der Waals surface area contributed by atoms with Crippen LogP contribution < -0.4 is 5.32 Å². The number of hydrogen-bond donors (Lipinski definition) is 2. The molecule has 8 nitrogen and oxygen atoms in total. The number of benzene rings is 1. The Kier molecular flexibility index (Phi) is 12.7. The Labute approximate surface area is 270 Å². The van der Waals surface area contributed by atoms with Crippen molar-refractivity contribution in [3.63, 3.8) is 0 Å². The second-order valence-corrected chi connectivity index (χ2v) is 15.0. The average Bonchev–Trinajstić information content (AvgIpc) is 3.08. The van der Waals surface area contributed by atoms with Gasteiger partial charge in [-0.25, -0.2) is 17.1 Å². The summed E-state index contributed by atoms with van der Waals surface area (Å²) in [6, 6.07) is 5.18. The average molecular weight is 666 g/mol. The van der Waals surface area contributed by atoms with Crippen LogP contribution in [0.25, 0.3) is 0 Å². The van der Waals surface area contributed by atoms with E-state index in [4.69, 9.17) is 0 Å². The van der Waals surface area contributed by atoms with E-state index in [1.54, 1.807) is 23.1 Å². The Bertz CT molecular complexity index is 1440. The largest absolute Gasteiger partial charge is 0.387 e. The fourth-order valence-electron chi connectivity index (χ4n) is 6.50. The zero-order chi connectivity index (χ0) is 33.3. The molecule has 2 amide bonds. The van der Waals surface area contributed by atoms with E-state index in [0.717, 1.165) is 42.9 Å². The molecule has 2 aliphatic heterocycles. The summed E-state index contributed by atoms with van der Waals surface area (Å²) in [5.41, 5.74) is 4.63. The first-order valence-electron chi connectivity index (χ1n) is 16.3. The van der Waals surface area contributed by atoms with E-state index in [0.29, 0.717) is 30.5 Å². The molecule has 3 aliphatic rings. The molecule has 1 aromatic rings. The molecule has 0 aromatic heterocycles. The molecular formula is C34H46F3N3O5S. The van der Waals surface area contributed by atoms with Gasteiger partial charge >= 0.3 is 0 Å². The highest BCUT2D eigenvalue weighted by atomic mass is 32.2. The SMILES string of the molecule is Cc1cc(C(=O)N2CCC(O)(CF)CC2)ccc1CCS(=O)(=O)N1CCCC=C=C(C2CCC(CC=C(F)F)CC2)NC(=O)CC1. The minimum atomic E-state index is -3.69. The van der Waals surface area contributed by atoms with Crippen molar-refractivity contribution in [3.8, 4) is 0 Å². The first kappa shape index (κ1) is 35.9. The van der Waals surface area contributed by atoms with Crippen molar-refractivity contribution in [1.82, 2.24) is 14.5 Å². The number of aryl methyl sites for hydroxylation is 2. The summed E-state index contributed by atoms with van der Waals surface area (Å²) in [6.07, 6.45) is 6.49. The van der Waals surface area contributed by atoms with Crippen LogP contribution in [-0.2, 0) is 21.2 Å². The van der Waals surface area contributed by atoms with Gasteiger partial charge in [0.05, 0.1) is 17.1 Å². The molecule has 0 radical (unpaired) electrons. The summed E-state index contributed by atoms with van der Waals surface area (Å²) in [6.45, 7) is 1.89. The van der Waals surface area contributed by atoms with E-state index >= 15 is 0 Å². The number of likely N-dealkylation sites (tertiary alicyclic amines) is 1. The van der Waals surface area contributed by atoms with Crippen LogP contribution in [0.4, 0.5) is 13.2 Å². The van der Waals surface area contributed by atoms with Crippen molar-refractivity contribution >= 4 is 21.8 Å². The van der Waals surface area contributed by atoms with Crippen LogP contribution in [0.3, 0.4) is 0 Å². The van der Waals surface area contributed by atoms with Gasteiger partial charge in [0.25, 0.3) is 12.0 Å². The van der Waals surface area contributed by atoms with Crippen LogP contribution in [-0.4, -0.2) is 78.8 Å². The van der Waals surface area contributed by atoms with E-state index < -0.39 is 28.4 Å². The van der Waals surface area contributed by atoms with Gasteiger partial charge in [-0.1, -0.05) is 6.07 Å². The summed E-state index contributed by atoms with van der Waals surface area (Å²) < 4.78 is 66.3. The summed E-state index contributed by atoms with van der Waals surface area (Å²) in [7, 11) is -3.69. The Hall–Kier alpha value is -2.92. The van der Waals surface area contributed by atoms with Gasteiger partial charge in [0, 0.05) is 44.1 Å². The molecule has 1 saturated carbocycles. The molecule has 2 fully saturated rings. The predicted octanol–water partition coefficient (Wildman–Crippen LogP) is 5.42. The number of hydrogen-bond acceptors (Lipinski definition) is 5. The number of nitrogens with one attached hydrogen (secondary N) is 1. The molecule has 1 saturated heterocycles. The Balaban J connectivity index is 1.30. The quantitative estimate of drug-likeness (QED) is 0.343. The van der Waals surface area contributed by atoms with Gasteiger partial charge in [-0.15, -0.1) is 5.73 Å². The first-order valence-corrected chi connectivity index (χ1v) is 17.9. The predicted molar refractivity (Wildman–Crippen MR) is 170 cm³/mol. The highest BCUT2D eigenvalue weighted by molar-refractivity contribution is 7.89. The summed E-state index contributed by atoms with van der Waals surface area (Å²) in [4.78, 5) is 27.5. The van der Waals surface area contributed by atoms with Crippen LogP contribution in [0.2, 0.25) is 0 Å². The molecule has 4 rings (SSSR count). The third kappa shape index (κ3) is 10.0. The lowest BCUT2D eigenvalue weighted by Gasteiger charge is -2.36. The van der Waals surface area contributed by atoms with Crippen molar-refractivity contribution in [1.29, 1.82) is 0 Å². The van der Waals surface area contributed by atoms with E-state index in [9.17, 15) is 36.3 Å². The molecule has 2 N–H and O–H groups in total. The first-order chi connectivity index (χ1) is 21.9. The van der Waals surface area contributed by atoms with E-state index in [1.165, 1.54) is 4.31 Å². The van der Waals surface area contributed by atoms with Gasteiger partial charge in [0.2, 0.25) is 15.9 Å². The number of piperidine rings is 1. The molecule has 254 valence electrons. The van der Waals surface area contributed by atoms with Crippen molar-refractivity contribution in [2.75, 3.05) is 38.6 Å². The fraction of sp³-hybridized carbons (Fsp3) is 0.618. The van der Waals surface area contributed by atoms with Crippen LogP contribution in [0.15, 0.2) is 47.9 Å². The smallest absolute Gasteiger partial charge is 0.266 e. The number of carbonyl (C=O) groups is 2. The lowest BCUT2D eigenvalue weighted by Crippen LogP contribution is -2.47. The monoisotopic (exact) mass is 665 g/mol. The standard InChI is InChI=1S/C34H46F3N3O5S/c1-25-23-29(33(42)39-20-16-34(43,24-35)17-21-39)12-11-27(25)15-22-46(44,45)40-18-4-2-3-5-30(38-32(41)14-19-40)28-9-6-26(7-10-28)8-13-31(36)37/h3,11-13,23,26,28,43H,2,4,6-10,14-22,24H2,1H3,(H,38,41). The second-order valence-electron chi connectivity index (χ2n) is 12.9. The van der Waals surface area contributed by atoms with Gasteiger partial charge in [0.15, 0.2) is 0 Å². The van der Waals surface area contributed by atoms with Crippen molar-refractivity contribution in [2.45, 2.75) is 83.2 Å². The van der Waals surface area contributed by atoms with Crippen LogP contribution in [0, 0.1) is 18.8 Å². The zero-order valence-electron chi connectivity index (χ0n) is 26.6. The summed E-state index contributed by atoms with van der Waals surface area (Å²) in [5, 5.41) is 13.1. The molecule has 0 unspecified atom stereocenters. The van der Waals surface area contributed by atoms with Crippen molar-refractivity contribution < 1.29 is 36.3 Å². The minimum absolute atomic E-state index is 0.00932. The van der Waals surface area contributed by atoms with Gasteiger partial charge in [-0.3, -0.25) is 9.59 Å². The molecule has 0 spiro atoms. The van der Waals surface area contributed by atoms with Crippen LogP contribution in [0.1, 0.15) is 85.7 Å². The summed E-state index contributed by atoms with van der Waals surface area (Å²) in [5.74, 6) is -0.325. The maximum Gasteiger partial charge on any atom is 0.266 e. The maximum atomic E-state index is 13.4. The van der Waals surface area contributed by atoms with E-state index in [2.05, 4.69) is 11.0 Å². The minimum Gasteiger partial charge on any atom is -0.387 e. The third-order valence-corrected chi connectivity index (χ3v) is 11.5. The van der Waals surface area contributed by atoms with E-state index in [-0.39, 0.29) is 81.3 Å². The topological polar surface area (TPSA) is 107 Å². The number of alkyl halides is 1. The fourth-order valence-corrected chi connectivity index (χ4v) is 8.01. The van der Waals surface area contributed by atoms with Gasteiger partial charge in [-0.05, 0) is 112 Å². The number of amides is 2. The van der Waals surface area contributed by atoms with Crippen LogP contribution >= 0.6 is 0 Å². The third-order valence-electron chi connectivity index (χ3n) is 9.58. The van der Waals surface area contributed by atoms with E-state index in [1.807, 2.05) is 13.0 Å². The number of sulfonamides is 1.